The number of carbonyl (C=O) groups is 1. The minimum absolute atomic E-state index is 0.242. The molecule has 128 valence electrons. The van der Waals surface area contributed by atoms with Gasteiger partial charge in [0, 0.05) is 37.1 Å². The molecule has 1 saturated heterocycles. The van der Waals surface area contributed by atoms with Gasteiger partial charge < -0.3 is 9.88 Å². The molecule has 1 atom stereocenters. The van der Waals surface area contributed by atoms with Crippen LogP contribution in [0.15, 0.2) is 24.8 Å². The molecule has 1 aliphatic rings. The maximum Gasteiger partial charge on any atom is 0.227 e. The van der Waals surface area contributed by atoms with Crippen LogP contribution >= 0.6 is 0 Å². The third-order valence-corrected chi connectivity index (χ3v) is 4.39. The summed E-state index contributed by atoms with van der Waals surface area (Å²) in [7, 11) is 0. The highest BCUT2D eigenvalue weighted by Gasteiger charge is 2.31. The molecule has 3 heterocycles. The standard InChI is InChI=1S/C18H25N5O/c1-18(2,3)17(24)23-8-4-5-13(12-23)9-14-10-22-15(11-21-14)16-19-6-7-20-16/h6-7,10-11,13H,4-5,8-9,12H2,1-3H3,(H,19,20). The van der Waals surface area contributed by atoms with Crippen molar-refractivity contribution in [3.8, 4) is 11.5 Å². The minimum atomic E-state index is -0.313. The fourth-order valence-corrected chi connectivity index (χ4v) is 3.17. The molecule has 3 rings (SSSR count). The van der Waals surface area contributed by atoms with Crippen molar-refractivity contribution in [2.75, 3.05) is 13.1 Å². The molecule has 1 amide bonds. The summed E-state index contributed by atoms with van der Waals surface area (Å²) in [5, 5.41) is 0. The smallest absolute Gasteiger partial charge is 0.227 e. The number of H-pyrrole nitrogens is 1. The summed E-state index contributed by atoms with van der Waals surface area (Å²) in [5.74, 6) is 1.42. The molecule has 0 bridgehead atoms. The molecular formula is C18H25N5O. The van der Waals surface area contributed by atoms with Crippen LogP contribution in [-0.4, -0.2) is 43.8 Å². The maximum absolute atomic E-state index is 12.5. The topological polar surface area (TPSA) is 74.8 Å². The number of aromatic amines is 1. The fraction of sp³-hybridized carbons (Fsp3) is 0.556. The van der Waals surface area contributed by atoms with Gasteiger partial charge in [0.2, 0.25) is 5.91 Å². The molecule has 0 radical (unpaired) electrons. The van der Waals surface area contributed by atoms with Gasteiger partial charge in [-0.25, -0.2) is 9.97 Å². The van der Waals surface area contributed by atoms with Gasteiger partial charge in [-0.3, -0.25) is 9.78 Å². The molecular weight excluding hydrogens is 302 g/mol. The highest BCUT2D eigenvalue weighted by atomic mass is 16.2. The number of piperidine rings is 1. The summed E-state index contributed by atoms with van der Waals surface area (Å²) in [5.41, 5.74) is 1.41. The van der Waals surface area contributed by atoms with Crippen molar-refractivity contribution in [2.24, 2.45) is 11.3 Å². The molecule has 6 heteroatoms. The second-order valence-corrected chi connectivity index (χ2v) is 7.54. The van der Waals surface area contributed by atoms with E-state index in [0.29, 0.717) is 5.92 Å². The van der Waals surface area contributed by atoms with Crippen molar-refractivity contribution >= 4 is 5.91 Å². The lowest BCUT2D eigenvalue weighted by molar-refractivity contribution is -0.141. The third-order valence-electron chi connectivity index (χ3n) is 4.39. The summed E-state index contributed by atoms with van der Waals surface area (Å²) in [4.78, 5) is 30.7. The SMILES string of the molecule is CC(C)(C)C(=O)N1CCCC(Cc2cnc(-c3ncc[nH]3)cn2)C1. The zero-order valence-corrected chi connectivity index (χ0v) is 14.6. The van der Waals surface area contributed by atoms with Crippen LogP contribution in [-0.2, 0) is 11.2 Å². The van der Waals surface area contributed by atoms with Crippen LogP contribution in [0.1, 0.15) is 39.3 Å². The zero-order chi connectivity index (χ0) is 17.2. The molecule has 0 aliphatic carbocycles. The van der Waals surface area contributed by atoms with Crippen molar-refractivity contribution in [3.63, 3.8) is 0 Å². The van der Waals surface area contributed by atoms with Gasteiger partial charge in [-0.05, 0) is 25.2 Å². The van der Waals surface area contributed by atoms with Gasteiger partial charge in [-0.2, -0.15) is 0 Å². The molecule has 1 N–H and O–H groups in total. The van der Waals surface area contributed by atoms with Gasteiger partial charge in [0.25, 0.3) is 0 Å². The Morgan fingerprint density at radius 1 is 1.29 bits per heavy atom. The van der Waals surface area contributed by atoms with Crippen molar-refractivity contribution in [1.82, 2.24) is 24.8 Å². The molecule has 2 aromatic rings. The number of aromatic nitrogens is 4. The Hall–Kier alpha value is -2.24. The van der Waals surface area contributed by atoms with E-state index in [9.17, 15) is 4.79 Å². The number of nitrogens with one attached hydrogen (secondary N) is 1. The van der Waals surface area contributed by atoms with E-state index in [2.05, 4.69) is 19.9 Å². The first-order chi connectivity index (χ1) is 11.4. The Morgan fingerprint density at radius 3 is 2.75 bits per heavy atom. The first kappa shape index (κ1) is 16.6. The molecule has 24 heavy (non-hydrogen) atoms. The molecule has 0 spiro atoms. The van der Waals surface area contributed by atoms with Crippen molar-refractivity contribution < 1.29 is 4.79 Å². The fourth-order valence-electron chi connectivity index (χ4n) is 3.17. The van der Waals surface area contributed by atoms with Gasteiger partial charge in [0.15, 0.2) is 5.82 Å². The van der Waals surface area contributed by atoms with E-state index in [1.54, 1.807) is 18.6 Å². The predicted octanol–water partition coefficient (Wildman–Crippen LogP) is 2.69. The largest absolute Gasteiger partial charge is 0.343 e. The number of hydrogen-bond acceptors (Lipinski definition) is 4. The quantitative estimate of drug-likeness (QED) is 0.940. The van der Waals surface area contributed by atoms with E-state index in [-0.39, 0.29) is 11.3 Å². The Balaban J connectivity index is 1.62. The van der Waals surface area contributed by atoms with Gasteiger partial charge in [0.05, 0.1) is 11.9 Å². The number of likely N-dealkylation sites (tertiary alicyclic amines) is 1. The van der Waals surface area contributed by atoms with Crippen LogP contribution in [0.25, 0.3) is 11.5 Å². The average Bonchev–Trinajstić information content (AvgIpc) is 3.09. The second kappa shape index (κ2) is 6.71. The van der Waals surface area contributed by atoms with Crippen molar-refractivity contribution in [2.45, 2.75) is 40.0 Å². The summed E-state index contributed by atoms with van der Waals surface area (Å²) < 4.78 is 0. The molecule has 1 fully saturated rings. The summed E-state index contributed by atoms with van der Waals surface area (Å²) >= 11 is 0. The van der Waals surface area contributed by atoms with Gasteiger partial charge >= 0.3 is 0 Å². The monoisotopic (exact) mass is 327 g/mol. The normalized spacial score (nSPS) is 18.6. The molecule has 6 nitrogen and oxygen atoms in total. The number of amides is 1. The van der Waals surface area contributed by atoms with Crippen LogP contribution in [0.3, 0.4) is 0 Å². The highest BCUT2D eigenvalue weighted by Crippen LogP contribution is 2.25. The van der Waals surface area contributed by atoms with E-state index in [4.69, 9.17) is 0 Å². The third kappa shape index (κ3) is 3.80. The van der Waals surface area contributed by atoms with Gasteiger partial charge in [-0.15, -0.1) is 0 Å². The molecule has 0 aromatic carbocycles. The number of hydrogen-bond donors (Lipinski definition) is 1. The molecule has 1 unspecified atom stereocenters. The number of carbonyl (C=O) groups excluding carboxylic acids is 1. The molecule has 2 aromatic heterocycles. The van der Waals surface area contributed by atoms with Crippen LogP contribution in [0.4, 0.5) is 0 Å². The van der Waals surface area contributed by atoms with E-state index < -0.39 is 0 Å². The Kier molecular flexibility index (Phi) is 4.64. The summed E-state index contributed by atoms with van der Waals surface area (Å²) in [6, 6.07) is 0. The van der Waals surface area contributed by atoms with Gasteiger partial charge in [-0.1, -0.05) is 20.8 Å². The summed E-state index contributed by atoms with van der Waals surface area (Å²) in [6.07, 6.45) is 10.1. The van der Waals surface area contributed by atoms with Crippen LogP contribution in [0.2, 0.25) is 0 Å². The van der Waals surface area contributed by atoms with Crippen LogP contribution in [0.5, 0.6) is 0 Å². The molecule has 1 aliphatic heterocycles. The number of rotatable bonds is 3. The average molecular weight is 327 g/mol. The first-order valence-corrected chi connectivity index (χ1v) is 8.53. The first-order valence-electron chi connectivity index (χ1n) is 8.53. The van der Waals surface area contributed by atoms with E-state index in [1.165, 1.54) is 0 Å². The van der Waals surface area contributed by atoms with Crippen LogP contribution in [0, 0.1) is 11.3 Å². The Labute approximate surface area is 142 Å². The second-order valence-electron chi connectivity index (χ2n) is 7.54. The maximum atomic E-state index is 12.5. The number of nitrogens with zero attached hydrogens (tertiary/aromatic N) is 4. The highest BCUT2D eigenvalue weighted by molar-refractivity contribution is 5.81. The summed E-state index contributed by atoms with van der Waals surface area (Å²) in [6.45, 7) is 7.64. The molecule has 0 saturated carbocycles. The Bertz CT molecular complexity index is 672. The number of imidazole rings is 1. The lowest BCUT2D eigenvalue weighted by Crippen LogP contribution is -2.45. The zero-order valence-electron chi connectivity index (χ0n) is 14.6. The van der Waals surface area contributed by atoms with E-state index >= 15 is 0 Å². The van der Waals surface area contributed by atoms with Crippen LogP contribution < -0.4 is 0 Å². The lowest BCUT2D eigenvalue weighted by Gasteiger charge is -2.36. The minimum Gasteiger partial charge on any atom is -0.343 e. The van der Waals surface area contributed by atoms with Gasteiger partial charge in [0.1, 0.15) is 5.69 Å². The van der Waals surface area contributed by atoms with Crippen molar-refractivity contribution in [1.29, 1.82) is 0 Å². The van der Waals surface area contributed by atoms with E-state index in [1.807, 2.05) is 31.9 Å². The predicted molar refractivity (Wildman–Crippen MR) is 92.1 cm³/mol. The Morgan fingerprint density at radius 2 is 2.12 bits per heavy atom. The lowest BCUT2D eigenvalue weighted by atomic mass is 9.89. The van der Waals surface area contributed by atoms with E-state index in [0.717, 1.165) is 49.6 Å². The van der Waals surface area contributed by atoms with Crippen molar-refractivity contribution in [3.05, 3.63) is 30.5 Å².